The number of H-pyrrole nitrogens is 1. The summed E-state index contributed by atoms with van der Waals surface area (Å²) in [6.07, 6.45) is 2.73. The van der Waals surface area contributed by atoms with Crippen LogP contribution < -0.4 is 10.0 Å². The fraction of sp³-hybridized carbons (Fsp3) is 0.222. The molecule has 0 saturated heterocycles. The molecule has 18 heavy (non-hydrogen) atoms. The monoisotopic (exact) mass is 268 g/mol. The van der Waals surface area contributed by atoms with E-state index in [-0.39, 0.29) is 11.6 Å². The standard InChI is InChI=1S/C9H12N6O2S/c1-10-7-3-2-4-11-9(7)18(16,17)14-5-8-12-6-13-15-8/h2-4,6,10,14H,5H2,1H3,(H,12,13,15). The van der Waals surface area contributed by atoms with Crippen molar-refractivity contribution in [3.8, 4) is 0 Å². The molecule has 0 bridgehead atoms. The van der Waals surface area contributed by atoms with Crippen LogP contribution in [0.1, 0.15) is 5.82 Å². The highest BCUT2D eigenvalue weighted by Gasteiger charge is 2.19. The Bertz CT molecular complexity index is 610. The highest BCUT2D eigenvalue weighted by Crippen LogP contribution is 2.16. The average molecular weight is 268 g/mol. The van der Waals surface area contributed by atoms with E-state index in [1.54, 1.807) is 19.2 Å². The highest BCUT2D eigenvalue weighted by molar-refractivity contribution is 7.89. The van der Waals surface area contributed by atoms with Crippen LogP contribution in [0.5, 0.6) is 0 Å². The van der Waals surface area contributed by atoms with Gasteiger partial charge in [0.15, 0.2) is 5.03 Å². The van der Waals surface area contributed by atoms with Crippen molar-refractivity contribution < 1.29 is 8.42 Å². The summed E-state index contributed by atoms with van der Waals surface area (Å²) in [4.78, 5) is 7.69. The first-order valence-electron chi connectivity index (χ1n) is 5.10. The van der Waals surface area contributed by atoms with Crippen LogP contribution in [0.3, 0.4) is 0 Å². The van der Waals surface area contributed by atoms with Crippen molar-refractivity contribution in [3.63, 3.8) is 0 Å². The molecule has 0 aliphatic heterocycles. The molecule has 0 atom stereocenters. The molecular formula is C9H12N6O2S. The minimum Gasteiger partial charge on any atom is -0.386 e. The average Bonchev–Trinajstić information content (AvgIpc) is 2.89. The molecule has 0 radical (unpaired) electrons. The number of hydrogen-bond donors (Lipinski definition) is 3. The van der Waals surface area contributed by atoms with Gasteiger partial charge < -0.3 is 5.32 Å². The zero-order valence-electron chi connectivity index (χ0n) is 9.58. The molecule has 9 heteroatoms. The highest BCUT2D eigenvalue weighted by atomic mass is 32.2. The number of nitrogens with zero attached hydrogens (tertiary/aromatic N) is 3. The molecule has 0 aromatic carbocycles. The Balaban J connectivity index is 2.20. The van der Waals surface area contributed by atoms with Crippen molar-refractivity contribution >= 4 is 15.7 Å². The number of aromatic amines is 1. The summed E-state index contributed by atoms with van der Waals surface area (Å²) in [7, 11) is -2.06. The summed E-state index contributed by atoms with van der Waals surface area (Å²) in [6.45, 7) is 0.0298. The molecule has 8 nitrogen and oxygen atoms in total. The number of rotatable bonds is 5. The minimum absolute atomic E-state index is 0.0298. The fourth-order valence-corrected chi connectivity index (χ4v) is 2.47. The van der Waals surface area contributed by atoms with Crippen LogP contribution >= 0.6 is 0 Å². The number of aromatic nitrogens is 4. The molecule has 0 unspecified atom stereocenters. The SMILES string of the molecule is CNc1cccnc1S(=O)(=O)NCc1ncn[nH]1. The quantitative estimate of drug-likeness (QED) is 0.687. The predicted octanol–water partition coefficient (Wildman–Crippen LogP) is -0.280. The van der Waals surface area contributed by atoms with E-state index >= 15 is 0 Å². The van der Waals surface area contributed by atoms with Crippen molar-refractivity contribution in [2.24, 2.45) is 0 Å². The zero-order chi connectivity index (χ0) is 13.0. The second-order valence-corrected chi connectivity index (χ2v) is 5.05. The van der Waals surface area contributed by atoms with Crippen molar-refractivity contribution in [1.29, 1.82) is 0 Å². The second-order valence-electron chi connectivity index (χ2n) is 3.36. The van der Waals surface area contributed by atoms with Crippen LogP contribution in [-0.2, 0) is 16.6 Å². The van der Waals surface area contributed by atoms with Crippen LogP contribution in [0.4, 0.5) is 5.69 Å². The van der Waals surface area contributed by atoms with E-state index in [0.717, 1.165) is 0 Å². The predicted molar refractivity (Wildman–Crippen MR) is 64.2 cm³/mol. The van der Waals surface area contributed by atoms with Gasteiger partial charge in [0.25, 0.3) is 10.0 Å². The number of hydrogen-bond acceptors (Lipinski definition) is 6. The van der Waals surface area contributed by atoms with E-state index < -0.39 is 10.0 Å². The first-order chi connectivity index (χ1) is 8.63. The Hall–Kier alpha value is -2.00. The summed E-state index contributed by atoms with van der Waals surface area (Å²) in [5.41, 5.74) is 0.433. The largest absolute Gasteiger partial charge is 0.386 e. The van der Waals surface area contributed by atoms with Gasteiger partial charge in [-0.05, 0) is 12.1 Å². The summed E-state index contributed by atoms with van der Waals surface area (Å²) >= 11 is 0. The summed E-state index contributed by atoms with van der Waals surface area (Å²) in [5.74, 6) is 0.431. The van der Waals surface area contributed by atoms with Crippen molar-refractivity contribution in [2.45, 2.75) is 11.6 Å². The molecule has 0 aliphatic carbocycles. The van der Waals surface area contributed by atoms with E-state index in [9.17, 15) is 8.42 Å². The molecule has 3 N–H and O–H groups in total. The molecule has 0 aliphatic rings. The molecule has 0 saturated carbocycles. The molecule has 0 amide bonds. The normalized spacial score (nSPS) is 11.4. The Morgan fingerprint density at radius 2 is 2.22 bits per heavy atom. The van der Waals surface area contributed by atoms with Crippen LogP contribution in [0, 0.1) is 0 Å². The van der Waals surface area contributed by atoms with Gasteiger partial charge >= 0.3 is 0 Å². The molecule has 0 fully saturated rings. The van der Waals surface area contributed by atoms with E-state index in [1.165, 1.54) is 12.5 Å². The van der Waals surface area contributed by atoms with Gasteiger partial charge in [-0.25, -0.2) is 23.1 Å². The van der Waals surface area contributed by atoms with E-state index in [0.29, 0.717) is 11.5 Å². The number of pyridine rings is 1. The lowest BCUT2D eigenvalue weighted by molar-refractivity contribution is 0.576. The molecule has 2 aromatic rings. The molecule has 0 spiro atoms. The first-order valence-corrected chi connectivity index (χ1v) is 6.58. The van der Waals surface area contributed by atoms with Gasteiger partial charge in [-0.3, -0.25) is 5.10 Å². The van der Waals surface area contributed by atoms with Crippen LogP contribution in [-0.4, -0.2) is 35.6 Å². The third-order valence-corrected chi connectivity index (χ3v) is 3.55. The molecular weight excluding hydrogens is 256 g/mol. The van der Waals surface area contributed by atoms with E-state index in [1.807, 2.05) is 0 Å². The van der Waals surface area contributed by atoms with Crippen LogP contribution in [0.25, 0.3) is 0 Å². The van der Waals surface area contributed by atoms with Gasteiger partial charge in [0.05, 0.1) is 12.2 Å². The molecule has 2 aromatic heterocycles. The Morgan fingerprint density at radius 1 is 1.39 bits per heavy atom. The summed E-state index contributed by atoms with van der Waals surface area (Å²) in [5, 5.41) is 8.92. The van der Waals surface area contributed by atoms with Gasteiger partial charge in [-0.2, -0.15) is 5.10 Å². The van der Waals surface area contributed by atoms with Gasteiger partial charge in [-0.1, -0.05) is 0 Å². The molecule has 2 rings (SSSR count). The first kappa shape index (κ1) is 12.5. The maximum Gasteiger partial charge on any atom is 0.260 e. The number of nitrogens with one attached hydrogen (secondary N) is 3. The lowest BCUT2D eigenvalue weighted by Crippen LogP contribution is -2.25. The molecule has 2 heterocycles. The van der Waals surface area contributed by atoms with Crippen LogP contribution in [0.15, 0.2) is 29.7 Å². The van der Waals surface area contributed by atoms with Crippen molar-refractivity contribution in [2.75, 3.05) is 12.4 Å². The Labute approximate surface area is 104 Å². The van der Waals surface area contributed by atoms with Gasteiger partial charge in [0, 0.05) is 13.2 Å². The Morgan fingerprint density at radius 3 is 2.89 bits per heavy atom. The van der Waals surface area contributed by atoms with Gasteiger partial charge in [0.2, 0.25) is 0 Å². The van der Waals surface area contributed by atoms with Gasteiger partial charge in [0.1, 0.15) is 12.2 Å². The minimum atomic E-state index is -3.69. The maximum atomic E-state index is 12.0. The van der Waals surface area contributed by atoms with Gasteiger partial charge in [-0.15, -0.1) is 0 Å². The maximum absolute atomic E-state index is 12.0. The third kappa shape index (κ3) is 2.63. The van der Waals surface area contributed by atoms with Crippen LogP contribution in [0.2, 0.25) is 0 Å². The van der Waals surface area contributed by atoms with E-state index in [2.05, 4.69) is 30.2 Å². The van der Waals surface area contributed by atoms with Crippen molar-refractivity contribution in [1.82, 2.24) is 24.9 Å². The number of sulfonamides is 1. The van der Waals surface area contributed by atoms with E-state index in [4.69, 9.17) is 0 Å². The summed E-state index contributed by atoms with van der Waals surface area (Å²) in [6, 6.07) is 3.29. The lowest BCUT2D eigenvalue weighted by Gasteiger charge is -2.08. The second kappa shape index (κ2) is 5.10. The Kier molecular flexibility index (Phi) is 3.53. The smallest absolute Gasteiger partial charge is 0.260 e. The summed E-state index contributed by atoms with van der Waals surface area (Å²) < 4.78 is 26.5. The topological polar surface area (TPSA) is 113 Å². The fourth-order valence-electron chi connectivity index (χ4n) is 1.34. The van der Waals surface area contributed by atoms with Crippen molar-refractivity contribution in [3.05, 3.63) is 30.5 Å². The molecule has 96 valence electrons. The number of anilines is 1. The third-order valence-electron chi connectivity index (χ3n) is 2.19. The lowest BCUT2D eigenvalue weighted by atomic mass is 10.4. The zero-order valence-corrected chi connectivity index (χ0v) is 10.4.